The quantitative estimate of drug-likeness (QED) is 0.769. The van der Waals surface area contributed by atoms with Gasteiger partial charge in [-0.2, -0.15) is 0 Å². The minimum atomic E-state index is 0.192. The van der Waals surface area contributed by atoms with Crippen molar-refractivity contribution in [2.75, 3.05) is 6.54 Å². The molecule has 0 amide bonds. The van der Waals surface area contributed by atoms with Crippen LogP contribution in [0.1, 0.15) is 35.5 Å². The molecule has 0 aliphatic rings. The van der Waals surface area contributed by atoms with Crippen molar-refractivity contribution in [3.05, 3.63) is 45.8 Å². The van der Waals surface area contributed by atoms with E-state index in [1.807, 2.05) is 6.92 Å². The first kappa shape index (κ1) is 13.7. The number of thiophene rings is 1. The van der Waals surface area contributed by atoms with Gasteiger partial charge in [0.25, 0.3) is 0 Å². The first-order valence-electron chi connectivity index (χ1n) is 6.79. The van der Waals surface area contributed by atoms with E-state index in [0.29, 0.717) is 0 Å². The van der Waals surface area contributed by atoms with Gasteiger partial charge in [-0.15, -0.1) is 16.4 Å². The molecule has 5 heteroatoms. The Hall–Kier alpha value is -1.30. The van der Waals surface area contributed by atoms with Crippen molar-refractivity contribution in [1.29, 1.82) is 0 Å². The summed E-state index contributed by atoms with van der Waals surface area (Å²) in [4.78, 5) is 1.22. The molecule has 2 aromatic heterocycles. The van der Waals surface area contributed by atoms with Crippen molar-refractivity contribution < 1.29 is 0 Å². The third kappa shape index (κ3) is 2.49. The van der Waals surface area contributed by atoms with Gasteiger partial charge in [-0.05, 0) is 53.8 Å². The van der Waals surface area contributed by atoms with E-state index in [0.717, 1.165) is 18.7 Å². The van der Waals surface area contributed by atoms with Crippen LogP contribution >= 0.6 is 22.9 Å². The van der Waals surface area contributed by atoms with Gasteiger partial charge in [0, 0.05) is 4.70 Å². The molecule has 1 atom stereocenters. The summed E-state index contributed by atoms with van der Waals surface area (Å²) in [7, 11) is 0. The van der Waals surface area contributed by atoms with Crippen molar-refractivity contribution in [2.24, 2.45) is 0 Å². The highest BCUT2D eigenvalue weighted by Gasteiger charge is 2.21. The van der Waals surface area contributed by atoms with E-state index in [2.05, 4.69) is 51.5 Å². The average molecular weight is 303 g/mol. The van der Waals surface area contributed by atoms with Crippen LogP contribution in [0.5, 0.6) is 0 Å². The maximum absolute atomic E-state index is 4.17. The zero-order chi connectivity index (χ0) is 13.9. The van der Waals surface area contributed by atoms with Crippen molar-refractivity contribution >= 4 is 33.0 Å². The molecule has 1 aromatic carbocycles. The van der Waals surface area contributed by atoms with Crippen molar-refractivity contribution in [1.82, 2.24) is 14.9 Å². The van der Waals surface area contributed by atoms with E-state index in [9.17, 15) is 0 Å². The molecule has 0 aliphatic carbocycles. The van der Waals surface area contributed by atoms with Crippen LogP contribution in [0.4, 0.5) is 0 Å². The van der Waals surface area contributed by atoms with Crippen LogP contribution in [0.3, 0.4) is 0 Å². The number of rotatable bonds is 5. The van der Waals surface area contributed by atoms with E-state index < -0.39 is 0 Å². The number of nitrogens with one attached hydrogen (secondary N) is 1. The lowest BCUT2D eigenvalue weighted by molar-refractivity contribution is 0.606. The van der Waals surface area contributed by atoms with Gasteiger partial charge in [0.2, 0.25) is 0 Å². The van der Waals surface area contributed by atoms with Crippen LogP contribution < -0.4 is 5.32 Å². The van der Waals surface area contributed by atoms with E-state index in [4.69, 9.17) is 0 Å². The summed E-state index contributed by atoms with van der Waals surface area (Å²) in [6.07, 6.45) is 1.11. The lowest BCUT2D eigenvalue weighted by Gasteiger charge is -2.18. The van der Waals surface area contributed by atoms with Gasteiger partial charge < -0.3 is 5.32 Å². The molecule has 3 nitrogen and oxygen atoms in total. The molecule has 1 N–H and O–H groups in total. The molecule has 0 saturated carbocycles. The van der Waals surface area contributed by atoms with Gasteiger partial charge in [0.1, 0.15) is 0 Å². The summed E-state index contributed by atoms with van der Waals surface area (Å²) >= 11 is 3.30. The molecule has 0 bridgehead atoms. The van der Waals surface area contributed by atoms with Gasteiger partial charge in [-0.25, -0.2) is 0 Å². The minimum Gasteiger partial charge on any atom is -0.305 e. The predicted molar refractivity (Wildman–Crippen MR) is 86.6 cm³/mol. The average Bonchev–Trinajstić information content (AvgIpc) is 3.09. The summed E-state index contributed by atoms with van der Waals surface area (Å²) in [6.45, 7) is 5.21. The molecule has 0 fully saturated rings. The number of nitrogens with zero attached hydrogens (tertiary/aromatic N) is 2. The molecule has 104 valence electrons. The summed E-state index contributed by atoms with van der Waals surface area (Å²) in [5, 5.41) is 11.3. The van der Waals surface area contributed by atoms with Crippen LogP contribution in [-0.4, -0.2) is 16.1 Å². The maximum atomic E-state index is 4.17. The van der Waals surface area contributed by atoms with Gasteiger partial charge in [-0.3, -0.25) is 0 Å². The van der Waals surface area contributed by atoms with Crippen molar-refractivity contribution in [2.45, 2.75) is 26.3 Å². The molecular weight excluding hydrogens is 286 g/mol. The van der Waals surface area contributed by atoms with Gasteiger partial charge in [-0.1, -0.05) is 29.6 Å². The number of aryl methyl sites for hydroxylation is 1. The van der Waals surface area contributed by atoms with Crippen molar-refractivity contribution in [3.8, 4) is 0 Å². The number of benzene rings is 1. The smallest absolute Gasteiger partial charge is 0.0776 e. The predicted octanol–water partition coefficient (Wildman–Crippen LogP) is 4.15. The number of hydrogen-bond acceptors (Lipinski definition) is 5. The van der Waals surface area contributed by atoms with Crippen LogP contribution in [-0.2, 0) is 0 Å². The van der Waals surface area contributed by atoms with Crippen LogP contribution in [0, 0.1) is 6.92 Å². The Bertz CT molecular complexity index is 702. The van der Waals surface area contributed by atoms with E-state index in [1.54, 1.807) is 11.3 Å². The summed E-state index contributed by atoms with van der Waals surface area (Å²) < 4.78 is 5.45. The molecule has 1 unspecified atom stereocenters. The minimum absolute atomic E-state index is 0.192. The zero-order valence-corrected chi connectivity index (χ0v) is 13.2. The molecule has 3 aromatic rings. The number of fused-ring (bicyclic) bond motifs is 1. The highest BCUT2D eigenvalue weighted by atomic mass is 32.1. The summed E-state index contributed by atoms with van der Waals surface area (Å²) in [5.41, 5.74) is 2.36. The SMILES string of the molecule is CCCNC(c1snnc1C)c1cccc2ccsc12. The Morgan fingerprint density at radius 1 is 1.30 bits per heavy atom. The Morgan fingerprint density at radius 3 is 2.95 bits per heavy atom. The molecule has 0 saturated heterocycles. The topological polar surface area (TPSA) is 37.8 Å². The standard InChI is InChI=1S/C15H17N3S2/c1-3-8-16-13(14-10(2)17-18-20-14)12-6-4-5-11-7-9-19-15(11)12/h4-7,9,13,16H,3,8H2,1-2H3. The summed E-state index contributed by atoms with van der Waals surface area (Å²) in [5.74, 6) is 0. The fraction of sp³-hybridized carbons (Fsp3) is 0.333. The maximum Gasteiger partial charge on any atom is 0.0776 e. The van der Waals surface area contributed by atoms with Gasteiger partial charge in [0.05, 0.1) is 16.6 Å². The molecule has 20 heavy (non-hydrogen) atoms. The Morgan fingerprint density at radius 2 is 2.20 bits per heavy atom. The number of hydrogen-bond donors (Lipinski definition) is 1. The highest BCUT2D eigenvalue weighted by molar-refractivity contribution is 7.17. The fourth-order valence-electron chi connectivity index (χ4n) is 2.38. The largest absolute Gasteiger partial charge is 0.305 e. The fourth-order valence-corrected chi connectivity index (χ4v) is 4.06. The molecule has 2 heterocycles. The lowest BCUT2D eigenvalue weighted by atomic mass is 10.0. The third-order valence-electron chi connectivity index (χ3n) is 3.37. The second-order valence-electron chi connectivity index (χ2n) is 4.80. The Balaban J connectivity index is 2.09. The van der Waals surface area contributed by atoms with Crippen LogP contribution in [0.2, 0.25) is 0 Å². The second-order valence-corrected chi connectivity index (χ2v) is 6.50. The monoisotopic (exact) mass is 303 g/mol. The molecule has 0 aliphatic heterocycles. The lowest BCUT2D eigenvalue weighted by Crippen LogP contribution is -2.23. The van der Waals surface area contributed by atoms with Gasteiger partial charge >= 0.3 is 0 Å². The van der Waals surface area contributed by atoms with Crippen LogP contribution in [0.15, 0.2) is 29.6 Å². The van der Waals surface area contributed by atoms with Gasteiger partial charge in [0.15, 0.2) is 0 Å². The van der Waals surface area contributed by atoms with Crippen molar-refractivity contribution in [3.63, 3.8) is 0 Å². The van der Waals surface area contributed by atoms with E-state index in [1.165, 1.54) is 32.1 Å². The Kier molecular flexibility index (Phi) is 4.10. The molecule has 0 spiro atoms. The number of aromatic nitrogens is 2. The molecule has 0 radical (unpaired) electrons. The normalized spacial score (nSPS) is 12.9. The Labute approximate surface area is 126 Å². The first-order chi connectivity index (χ1) is 9.81. The first-order valence-corrected chi connectivity index (χ1v) is 8.45. The highest BCUT2D eigenvalue weighted by Crippen LogP contribution is 2.34. The zero-order valence-electron chi connectivity index (χ0n) is 11.6. The molecular formula is C15H17N3S2. The second kappa shape index (κ2) is 5.99. The summed E-state index contributed by atoms with van der Waals surface area (Å²) in [6, 6.07) is 8.89. The third-order valence-corrected chi connectivity index (χ3v) is 5.24. The van der Waals surface area contributed by atoms with E-state index in [-0.39, 0.29) is 6.04 Å². The van der Waals surface area contributed by atoms with E-state index >= 15 is 0 Å². The molecule has 3 rings (SSSR count). The van der Waals surface area contributed by atoms with Crippen LogP contribution in [0.25, 0.3) is 10.1 Å².